The number of aliphatic carboxylic acids is 1. The van der Waals surface area contributed by atoms with Crippen molar-refractivity contribution >= 4 is 29.3 Å². The van der Waals surface area contributed by atoms with Crippen LogP contribution in [-0.4, -0.2) is 38.9 Å². The Kier molecular flexibility index (Phi) is 9.07. The largest absolute Gasteiger partial charge is 0.481 e. The van der Waals surface area contributed by atoms with Gasteiger partial charge in [-0.25, -0.2) is 4.98 Å². The van der Waals surface area contributed by atoms with Crippen LogP contribution in [0.3, 0.4) is 0 Å². The molecule has 0 aliphatic carbocycles. The first-order valence-corrected chi connectivity index (χ1v) is 12.6. The maximum absolute atomic E-state index is 12.1. The smallest absolute Gasteiger partial charge is 0.303 e. The van der Waals surface area contributed by atoms with E-state index < -0.39 is 12.3 Å². The van der Waals surface area contributed by atoms with Crippen LogP contribution in [0.15, 0.2) is 78.0 Å². The highest BCUT2D eigenvalue weighted by Gasteiger charge is 2.32. The lowest BCUT2D eigenvalue weighted by Crippen LogP contribution is -2.31. The van der Waals surface area contributed by atoms with E-state index in [0.29, 0.717) is 17.9 Å². The molecule has 1 amide bonds. The molecule has 4 rings (SSSR count). The van der Waals surface area contributed by atoms with E-state index in [2.05, 4.69) is 10.3 Å². The number of amides is 1. The number of carbonyl (C=O) groups excluding carboxylic acids is 1. The summed E-state index contributed by atoms with van der Waals surface area (Å²) in [7, 11) is 0. The van der Waals surface area contributed by atoms with E-state index in [1.165, 1.54) is 0 Å². The quantitative estimate of drug-likeness (QED) is 0.337. The molecule has 9 heteroatoms. The van der Waals surface area contributed by atoms with Crippen molar-refractivity contribution in [2.45, 2.75) is 49.4 Å². The van der Waals surface area contributed by atoms with Crippen molar-refractivity contribution in [2.24, 2.45) is 0 Å². The summed E-state index contributed by atoms with van der Waals surface area (Å²) in [6.07, 6.45) is 1.08. The second kappa shape index (κ2) is 12.6. The molecule has 3 atom stereocenters. The maximum Gasteiger partial charge on any atom is 0.303 e. The number of ether oxygens (including phenoxy) is 2. The predicted molar refractivity (Wildman–Crippen MR) is 135 cm³/mol. The SMILES string of the molecule is O=C(O)CCC(=O)Nc1cccc([C@@H]2O[C@H](CSc3ccccn3)C[C@H](c3ccc(CO)cc3)O2)c1. The molecule has 3 aromatic rings. The number of carboxylic acid groups (broad SMARTS) is 1. The minimum Gasteiger partial charge on any atom is -0.481 e. The number of anilines is 1. The van der Waals surface area contributed by atoms with Gasteiger partial charge in [-0.3, -0.25) is 9.59 Å². The number of carboxylic acids is 1. The summed E-state index contributed by atoms with van der Waals surface area (Å²) in [6.45, 7) is -0.0220. The van der Waals surface area contributed by atoms with Crippen molar-refractivity contribution in [1.29, 1.82) is 0 Å². The molecule has 188 valence electrons. The van der Waals surface area contributed by atoms with Gasteiger partial charge in [0.05, 0.1) is 30.3 Å². The molecule has 0 bridgehead atoms. The number of carbonyl (C=O) groups is 2. The number of hydrogen-bond acceptors (Lipinski definition) is 7. The number of hydrogen-bond donors (Lipinski definition) is 3. The molecule has 2 aromatic carbocycles. The fraction of sp³-hybridized carbons (Fsp3) is 0.296. The van der Waals surface area contributed by atoms with E-state index in [9.17, 15) is 14.7 Å². The van der Waals surface area contributed by atoms with Gasteiger partial charge in [0.1, 0.15) is 0 Å². The van der Waals surface area contributed by atoms with E-state index in [-0.39, 0.29) is 37.6 Å². The summed E-state index contributed by atoms with van der Waals surface area (Å²) < 4.78 is 12.7. The molecule has 1 aliphatic heterocycles. The van der Waals surface area contributed by atoms with Crippen LogP contribution >= 0.6 is 11.8 Å². The normalized spacial score (nSPS) is 19.5. The lowest BCUT2D eigenvalue weighted by molar-refractivity contribution is -0.245. The van der Waals surface area contributed by atoms with Gasteiger partial charge in [-0.2, -0.15) is 0 Å². The molecule has 0 saturated carbocycles. The van der Waals surface area contributed by atoms with Crippen molar-refractivity contribution in [2.75, 3.05) is 11.1 Å². The first-order chi connectivity index (χ1) is 17.5. The van der Waals surface area contributed by atoms with E-state index in [0.717, 1.165) is 21.7 Å². The zero-order valence-electron chi connectivity index (χ0n) is 19.6. The van der Waals surface area contributed by atoms with Gasteiger partial charge < -0.3 is 25.0 Å². The lowest BCUT2D eigenvalue weighted by atomic mass is 10.0. The van der Waals surface area contributed by atoms with Crippen LogP contribution in [0.4, 0.5) is 5.69 Å². The number of nitrogens with zero attached hydrogens (tertiary/aromatic N) is 1. The van der Waals surface area contributed by atoms with Crippen LogP contribution in [0.25, 0.3) is 0 Å². The molecule has 36 heavy (non-hydrogen) atoms. The molecule has 1 aromatic heterocycles. The number of thioether (sulfide) groups is 1. The van der Waals surface area contributed by atoms with Gasteiger partial charge in [0, 0.05) is 36.0 Å². The van der Waals surface area contributed by atoms with Gasteiger partial charge in [0.2, 0.25) is 5.91 Å². The van der Waals surface area contributed by atoms with Crippen LogP contribution in [-0.2, 0) is 25.7 Å². The molecule has 8 nitrogen and oxygen atoms in total. The van der Waals surface area contributed by atoms with Crippen molar-refractivity contribution in [3.05, 3.63) is 89.6 Å². The van der Waals surface area contributed by atoms with Gasteiger partial charge in [-0.15, -0.1) is 11.8 Å². The third kappa shape index (κ3) is 7.38. The average molecular weight is 509 g/mol. The minimum atomic E-state index is -1.02. The maximum atomic E-state index is 12.1. The van der Waals surface area contributed by atoms with Crippen LogP contribution in [0.1, 0.15) is 48.3 Å². The molecule has 1 aliphatic rings. The van der Waals surface area contributed by atoms with Gasteiger partial charge in [-0.1, -0.05) is 42.5 Å². The van der Waals surface area contributed by atoms with Gasteiger partial charge in [-0.05, 0) is 35.4 Å². The Bertz CT molecular complexity index is 1160. The summed E-state index contributed by atoms with van der Waals surface area (Å²) in [5, 5.41) is 21.8. The number of aromatic nitrogens is 1. The fourth-order valence-corrected chi connectivity index (χ4v) is 4.72. The highest BCUT2D eigenvalue weighted by atomic mass is 32.2. The van der Waals surface area contributed by atoms with Crippen molar-refractivity contribution in [1.82, 2.24) is 4.98 Å². The summed E-state index contributed by atoms with van der Waals surface area (Å²) >= 11 is 1.62. The minimum absolute atomic E-state index is 0.0220. The molecule has 0 spiro atoms. The summed E-state index contributed by atoms with van der Waals surface area (Å²) in [4.78, 5) is 27.2. The van der Waals surface area contributed by atoms with Crippen LogP contribution in [0, 0.1) is 0 Å². The second-order valence-electron chi connectivity index (χ2n) is 8.40. The Morgan fingerprint density at radius 2 is 1.83 bits per heavy atom. The zero-order valence-corrected chi connectivity index (χ0v) is 20.4. The number of pyridine rings is 1. The Labute approximate surface area is 213 Å². The molecule has 0 radical (unpaired) electrons. The van der Waals surface area contributed by atoms with E-state index in [1.54, 1.807) is 36.2 Å². The Hall–Kier alpha value is -3.24. The van der Waals surface area contributed by atoms with E-state index in [4.69, 9.17) is 14.6 Å². The second-order valence-corrected chi connectivity index (χ2v) is 9.44. The number of aliphatic hydroxyl groups excluding tert-OH is 1. The highest BCUT2D eigenvalue weighted by molar-refractivity contribution is 7.99. The predicted octanol–water partition coefficient (Wildman–Crippen LogP) is 4.71. The topological polar surface area (TPSA) is 118 Å². The molecule has 3 N–H and O–H groups in total. The van der Waals surface area contributed by atoms with Gasteiger partial charge in [0.25, 0.3) is 0 Å². The Balaban J connectivity index is 1.50. The Morgan fingerprint density at radius 1 is 1.00 bits per heavy atom. The molecular formula is C27H28N2O6S. The summed E-state index contributed by atoms with van der Waals surface area (Å²) in [5.41, 5.74) is 3.11. The standard InChI is InChI=1S/C27H28N2O6S/c30-16-18-7-9-19(10-8-18)23-15-22(17-36-25-6-1-2-13-28-25)34-27(35-23)20-4-3-5-21(14-20)29-24(31)11-12-26(32)33/h1-10,13-14,22-23,27,30H,11-12,15-17H2,(H,29,31)(H,32,33)/t22-,23+,27+/m0/s1. The first kappa shape index (κ1) is 25.8. The zero-order chi connectivity index (χ0) is 25.3. The van der Waals surface area contributed by atoms with Gasteiger partial charge in [0.15, 0.2) is 6.29 Å². The number of benzene rings is 2. The summed E-state index contributed by atoms with van der Waals surface area (Å²) in [6, 6.07) is 20.7. The molecule has 1 saturated heterocycles. The Morgan fingerprint density at radius 3 is 2.56 bits per heavy atom. The third-order valence-corrected chi connectivity index (χ3v) is 6.75. The van der Waals surface area contributed by atoms with E-state index in [1.807, 2.05) is 48.5 Å². The van der Waals surface area contributed by atoms with Crippen LogP contribution < -0.4 is 5.32 Å². The molecule has 2 heterocycles. The first-order valence-electron chi connectivity index (χ1n) is 11.7. The summed E-state index contributed by atoms with van der Waals surface area (Å²) in [5.74, 6) is -0.699. The fourth-order valence-electron chi connectivity index (χ4n) is 3.84. The number of nitrogens with one attached hydrogen (secondary N) is 1. The van der Waals surface area contributed by atoms with Crippen LogP contribution in [0.2, 0.25) is 0 Å². The lowest BCUT2D eigenvalue weighted by Gasteiger charge is -2.36. The number of rotatable bonds is 10. The van der Waals surface area contributed by atoms with Crippen molar-refractivity contribution in [3.63, 3.8) is 0 Å². The monoisotopic (exact) mass is 508 g/mol. The average Bonchev–Trinajstić information content (AvgIpc) is 2.91. The third-order valence-electron chi connectivity index (χ3n) is 5.68. The van der Waals surface area contributed by atoms with E-state index >= 15 is 0 Å². The van der Waals surface area contributed by atoms with Crippen LogP contribution in [0.5, 0.6) is 0 Å². The van der Waals surface area contributed by atoms with Crippen molar-refractivity contribution < 1.29 is 29.3 Å². The van der Waals surface area contributed by atoms with Gasteiger partial charge >= 0.3 is 5.97 Å². The number of aliphatic hydroxyl groups is 1. The molecular weight excluding hydrogens is 480 g/mol. The highest BCUT2D eigenvalue weighted by Crippen LogP contribution is 2.39. The van der Waals surface area contributed by atoms with Crippen molar-refractivity contribution in [3.8, 4) is 0 Å². The molecule has 0 unspecified atom stereocenters. The molecule has 1 fully saturated rings.